The third-order valence-electron chi connectivity index (χ3n) is 3.92. The van der Waals surface area contributed by atoms with Crippen LogP contribution < -0.4 is 5.32 Å². The third kappa shape index (κ3) is 2.66. The van der Waals surface area contributed by atoms with Gasteiger partial charge in [-0.25, -0.2) is 0 Å². The van der Waals surface area contributed by atoms with Crippen molar-refractivity contribution >= 4 is 5.78 Å². The predicted octanol–water partition coefficient (Wildman–Crippen LogP) is 3.45. The van der Waals surface area contributed by atoms with E-state index in [4.69, 9.17) is 0 Å². The van der Waals surface area contributed by atoms with Gasteiger partial charge in [-0.15, -0.1) is 0 Å². The smallest absolute Gasteiger partial charge is 0.165 e. The van der Waals surface area contributed by atoms with Gasteiger partial charge in [-0.2, -0.15) is 0 Å². The van der Waals surface area contributed by atoms with Crippen LogP contribution in [0.4, 0.5) is 0 Å². The van der Waals surface area contributed by atoms with Crippen molar-refractivity contribution in [3.63, 3.8) is 0 Å². The highest BCUT2D eigenvalue weighted by molar-refractivity contribution is 6.01. The number of ketones is 1. The molecule has 0 radical (unpaired) electrons. The molecule has 2 aromatic rings. The molecule has 1 aliphatic carbocycles. The summed E-state index contributed by atoms with van der Waals surface area (Å²) < 4.78 is 0. The molecular formula is C18H19NO. The number of aryl methyl sites for hydroxylation is 1. The first-order valence-corrected chi connectivity index (χ1v) is 7.15. The maximum absolute atomic E-state index is 12.0. The molecule has 0 saturated carbocycles. The molecule has 102 valence electrons. The van der Waals surface area contributed by atoms with Gasteiger partial charge >= 0.3 is 0 Å². The lowest BCUT2D eigenvalue weighted by atomic mass is 10.0. The van der Waals surface area contributed by atoms with Crippen molar-refractivity contribution in [2.24, 2.45) is 0 Å². The second kappa shape index (κ2) is 5.59. The Hall–Kier alpha value is -1.93. The lowest BCUT2D eigenvalue weighted by Gasteiger charge is -2.13. The van der Waals surface area contributed by atoms with Crippen LogP contribution in [0, 0.1) is 6.92 Å². The first-order valence-electron chi connectivity index (χ1n) is 7.15. The zero-order valence-electron chi connectivity index (χ0n) is 11.7. The molecule has 1 aliphatic rings. The summed E-state index contributed by atoms with van der Waals surface area (Å²) in [5.74, 6) is 0.261. The van der Waals surface area contributed by atoms with E-state index in [0.717, 1.165) is 18.5 Å². The molecule has 0 amide bonds. The van der Waals surface area contributed by atoms with Gasteiger partial charge in [0.2, 0.25) is 0 Å². The SMILES string of the molecule is Cc1ccc2c(c1)C(NCCc1ccccc1)CC2=O. The van der Waals surface area contributed by atoms with E-state index < -0.39 is 0 Å². The highest BCUT2D eigenvalue weighted by atomic mass is 16.1. The maximum atomic E-state index is 12.0. The van der Waals surface area contributed by atoms with Crippen LogP contribution in [0.2, 0.25) is 0 Å². The summed E-state index contributed by atoms with van der Waals surface area (Å²) in [4.78, 5) is 12.0. The zero-order valence-corrected chi connectivity index (χ0v) is 11.7. The van der Waals surface area contributed by atoms with Crippen molar-refractivity contribution in [3.8, 4) is 0 Å². The van der Waals surface area contributed by atoms with Crippen LogP contribution in [0.1, 0.15) is 39.5 Å². The van der Waals surface area contributed by atoms with Gasteiger partial charge < -0.3 is 5.32 Å². The van der Waals surface area contributed by atoms with E-state index >= 15 is 0 Å². The second-order valence-electron chi connectivity index (χ2n) is 5.46. The Morgan fingerprint density at radius 1 is 1.15 bits per heavy atom. The van der Waals surface area contributed by atoms with Gasteiger partial charge in [0.1, 0.15) is 0 Å². The van der Waals surface area contributed by atoms with Gasteiger partial charge in [0.15, 0.2) is 5.78 Å². The molecule has 1 atom stereocenters. The van der Waals surface area contributed by atoms with Crippen LogP contribution in [0.15, 0.2) is 48.5 Å². The highest BCUT2D eigenvalue weighted by Crippen LogP contribution is 2.31. The fourth-order valence-electron chi connectivity index (χ4n) is 2.85. The molecule has 3 rings (SSSR count). The first-order chi connectivity index (χ1) is 9.74. The summed E-state index contributed by atoms with van der Waals surface area (Å²) in [6.45, 7) is 2.97. The summed E-state index contributed by atoms with van der Waals surface area (Å²) in [5.41, 5.74) is 4.61. The fraction of sp³-hybridized carbons (Fsp3) is 0.278. The van der Waals surface area contributed by atoms with E-state index in [1.54, 1.807) is 0 Å². The number of nitrogens with one attached hydrogen (secondary N) is 1. The molecule has 2 aromatic carbocycles. The molecule has 1 N–H and O–H groups in total. The molecule has 0 fully saturated rings. The Kier molecular flexibility index (Phi) is 3.66. The van der Waals surface area contributed by atoms with Crippen molar-refractivity contribution in [3.05, 3.63) is 70.8 Å². The molecule has 0 bridgehead atoms. The van der Waals surface area contributed by atoms with Gasteiger partial charge in [0.25, 0.3) is 0 Å². The minimum atomic E-state index is 0.182. The van der Waals surface area contributed by atoms with Crippen molar-refractivity contribution < 1.29 is 4.79 Å². The highest BCUT2D eigenvalue weighted by Gasteiger charge is 2.28. The average Bonchev–Trinajstić information content (AvgIpc) is 2.76. The molecule has 0 spiro atoms. The van der Waals surface area contributed by atoms with Crippen LogP contribution in [0.5, 0.6) is 0 Å². The van der Waals surface area contributed by atoms with Crippen molar-refractivity contribution in [1.29, 1.82) is 0 Å². The molecule has 2 heteroatoms. The van der Waals surface area contributed by atoms with E-state index in [-0.39, 0.29) is 11.8 Å². The lowest BCUT2D eigenvalue weighted by Crippen LogP contribution is -2.22. The standard InChI is InChI=1S/C18H19NO/c1-13-7-8-15-16(11-13)17(12-18(15)20)19-10-9-14-5-3-2-4-6-14/h2-8,11,17,19H,9-10,12H2,1H3. The summed E-state index contributed by atoms with van der Waals surface area (Å²) >= 11 is 0. The minimum absolute atomic E-state index is 0.182. The third-order valence-corrected chi connectivity index (χ3v) is 3.92. The molecule has 20 heavy (non-hydrogen) atoms. The zero-order chi connectivity index (χ0) is 13.9. The van der Waals surface area contributed by atoms with Gasteiger partial charge in [-0.1, -0.05) is 54.1 Å². The van der Waals surface area contributed by atoms with Crippen molar-refractivity contribution in [2.45, 2.75) is 25.8 Å². The summed E-state index contributed by atoms with van der Waals surface area (Å²) in [5, 5.41) is 3.52. The van der Waals surface area contributed by atoms with E-state index in [0.29, 0.717) is 6.42 Å². The van der Waals surface area contributed by atoms with Crippen LogP contribution in [0.3, 0.4) is 0 Å². The van der Waals surface area contributed by atoms with Gasteiger partial charge in [0.05, 0.1) is 0 Å². The van der Waals surface area contributed by atoms with Crippen LogP contribution in [-0.4, -0.2) is 12.3 Å². The molecule has 0 heterocycles. The fourth-order valence-corrected chi connectivity index (χ4v) is 2.85. The molecule has 2 nitrogen and oxygen atoms in total. The van der Waals surface area contributed by atoms with Gasteiger partial charge in [-0.05, 0) is 31.0 Å². The predicted molar refractivity (Wildman–Crippen MR) is 81.0 cm³/mol. The number of carbonyl (C=O) groups excluding carboxylic acids is 1. The van der Waals surface area contributed by atoms with Crippen LogP contribution in [0.25, 0.3) is 0 Å². The average molecular weight is 265 g/mol. The number of hydrogen-bond donors (Lipinski definition) is 1. The Bertz CT molecular complexity index is 619. The van der Waals surface area contributed by atoms with E-state index in [1.807, 2.05) is 18.2 Å². The Labute approximate surface area is 119 Å². The van der Waals surface area contributed by atoms with Crippen LogP contribution >= 0.6 is 0 Å². The molecular weight excluding hydrogens is 246 g/mol. The van der Waals surface area contributed by atoms with Crippen molar-refractivity contribution in [2.75, 3.05) is 6.54 Å². The number of hydrogen-bond acceptors (Lipinski definition) is 2. The minimum Gasteiger partial charge on any atom is -0.309 e. The normalized spacial score (nSPS) is 17.2. The summed E-state index contributed by atoms with van der Waals surface area (Å²) in [6, 6.07) is 16.7. The Morgan fingerprint density at radius 3 is 2.75 bits per heavy atom. The molecule has 1 unspecified atom stereocenters. The lowest BCUT2D eigenvalue weighted by molar-refractivity contribution is 0.0986. The molecule has 0 aliphatic heterocycles. The summed E-state index contributed by atoms with van der Waals surface area (Å²) in [6.07, 6.45) is 1.58. The van der Waals surface area contributed by atoms with Gasteiger partial charge in [-0.3, -0.25) is 4.79 Å². The number of fused-ring (bicyclic) bond motifs is 1. The van der Waals surface area contributed by atoms with Crippen molar-refractivity contribution in [1.82, 2.24) is 5.32 Å². The molecule has 0 saturated heterocycles. The molecule has 0 aromatic heterocycles. The second-order valence-corrected chi connectivity index (χ2v) is 5.46. The number of rotatable bonds is 4. The number of benzene rings is 2. The van der Waals surface area contributed by atoms with Gasteiger partial charge in [0, 0.05) is 18.0 Å². The first kappa shape index (κ1) is 13.1. The Morgan fingerprint density at radius 2 is 1.95 bits per heavy atom. The van der Waals surface area contributed by atoms with E-state index in [9.17, 15) is 4.79 Å². The topological polar surface area (TPSA) is 29.1 Å². The largest absolute Gasteiger partial charge is 0.309 e. The Balaban J connectivity index is 1.65. The van der Waals surface area contributed by atoms with E-state index in [2.05, 4.69) is 42.6 Å². The number of carbonyl (C=O) groups is 1. The van der Waals surface area contributed by atoms with E-state index in [1.165, 1.54) is 16.7 Å². The summed E-state index contributed by atoms with van der Waals surface area (Å²) in [7, 11) is 0. The number of Topliss-reactive ketones (excluding diaryl/α,β-unsaturated/α-hetero) is 1. The monoisotopic (exact) mass is 265 g/mol. The van der Waals surface area contributed by atoms with Crippen LogP contribution in [-0.2, 0) is 6.42 Å². The quantitative estimate of drug-likeness (QED) is 0.917. The maximum Gasteiger partial charge on any atom is 0.165 e.